The lowest BCUT2D eigenvalue weighted by Gasteiger charge is -2.26. The molecule has 35 heavy (non-hydrogen) atoms. The number of aromatic nitrogens is 1. The number of fused-ring (bicyclic) bond motifs is 1. The predicted molar refractivity (Wildman–Crippen MR) is 140 cm³/mol. The van der Waals surface area contributed by atoms with E-state index in [-0.39, 0.29) is 12.5 Å². The van der Waals surface area contributed by atoms with E-state index in [9.17, 15) is 9.59 Å². The molecule has 1 aromatic heterocycles. The average Bonchev–Trinajstić information content (AvgIpc) is 2.91. The second-order valence-corrected chi connectivity index (χ2v) is 9.25. The number of hydrogen-bond donors (Lipinski definition) is 2. The molecule has 0 saturated carbocycles. The van der Waals surface area contributed by atoms with Crippen molar-refractivity contribution in [1.29, 1.82) is 0 Å². The van der Waals surface area contributed by atoms with Gasteiger partial charge in [0.1, 0.15) is 0 Å². The van der Waals surface area contributed by atoms with Crippen LogP contribution >= 0.6 is 0 Å². The number of anilines is 2. The molecule has 3 amide bonds. The highest BCUT2D eigenvalue weighted by Crippen LogP contribution is 2.29. The Hall–Kier alpha value is -4.00. The van der Waals surface area contributed by atoms with Gasteiger partial charge in [0.25, 0.3) is 5.91 Å². The van der Waals surface area contributed by atoms with E-state index in [1.807, 2.05) is 68.4 Å². The summed E-state index contributed by atoms with van der Waals surface area (Å²) in [6.45, 7) is 8.43. The van der Waals surface area contributed by atoms with Crippen LogP contribution in [0.4, 0.5) is 16.2 Å². The summed E-state index contributed by atoms with van der Waals surface area (Å²) in [6.07, 6.45) is 1.34. The minimum absolute atomic E-state index is 0.282. The first-order valence-electron chi connectivity index (χ1n) is 11.8. The number of nitrogens with one attached hydrogen (secondary N) is 2. The van der Waals surface area contributed by atoms with E-state index in [0.717, 1.165) is 33.8 Å². The molecule has 0 radical (unpaired) electrons. The molecule has 180 valence electrons. The molecular formula is C28H31N5O2. The molecule has 4 rings (SSSR count). The summed E-state index contributed by atoms with van der Waals surface area (Å²) in [5.74, 6) is 0.0175. The number of benzene rings is 2. The first kappa shape index (κ1) is 24.1. The number of pyridine rings is 1. The van der Waals surface area contributed by atoms with Gasteiger partial charge in [-0.2, -0.15) is 0 Å². The van der Waals surface area contributed by atoms with Crippen LogP contribution in [0, 0.1) is 19.8 Å². The number of urea groups is 1. The van der Waals surface area contributed by atoms with Crippen LogP contribution in [-0.2, 0) is 11.3 Å². The second-order valence-electron chi connectivity index (χ2n) is 9.25. The molecule has 0 spiro atoms. The molecule has 0 aliphatic carbocycles. The SMILES string of the molecule is Cc1cccc(NC(=O)NC2N=C(CC(C)C)c3ccccc3N(Cc3ncccc3C)C2=O)c1. The molecule has 1 unspecified atom stereocenters. The Bertz CT molecular complexity index is 1270. The third-order valence-corrected chi connectivity index (χ3v) is 5.86. The van der Waals surface area contributed by atoms with Gasteiger partial charge in [0.05, 0.1) is 17.9 Å². The molecule has 2 heterocycles. The Balaban J connectivity index is 1.70. The van der Waals surface area contributed by atoms with Crippen molar-refractivity contribution in [2.24, 2.45) is 10.9 Å². The first-order valence-corrected chi connectivity index (χ1v) is 11.8. The Labute approximate surface area is 206 Å². The van der Waals surface area contributed by atoms with E-state index in [4.69, 9.17) is 4.99 Å². The molecule has 7 heteroatoms. The topological polar surface area (TPSA) is 86.7 Å². The summed E-state index contributed by atoms with van der Waals surface area (Å²) in [7, 11) is 0. The van der Waals surface area contributed by atoms with E-state index in [1.54, 1.807) is 17.2 Å². The number of amides is 3. The molecule has 7 nitrogen and oxygen atoms in total. The van der Waals surface area contributed by atoms with Gasteiger partial charge in [-0.15, -0.1) is 0 Å². The van der Waals surface area contributed by atoms with Gasteiger partial charge < -0.3 is 15.5 Å². The number of nitrogens with zero attached hydrogens (tertiary/aromatic N) is 3. The van der Waals surface area contributed by atoms with Gasteiger partial charge in [-0.05, 0) is 61.6 Å². The van der Waals surface area contributed by atoms with Crippen LogP contribution in [0.2, 0.25) is 0 Å². The highest BCUT2D eigenvalue weighted by molar-refractivity contribution is 6.13. The van der Waals surface area contributed by atoms with Crippen LogP contribution in [0.15, 0.2) is 71.9 Å². The highest BCUT2D eigenvalue weighted by Gasteiger charge is 2.33. The van der Waals surface area contributed by atoms with Gasteiger partial charge in [-0.25, -0.2) is 4.79 Å². The third kappa shape index (κ3) is 5.74. The summed E-state index contributed by atoms with van der Waals surface area (Å²) in [6, 6.07) is 18.6. The quantitative estimate of drug-likeness (QED) is 0.518. The Kier molecular flexibility index (Phi) is 7.25. The summed E-state index contributed by atoms with van der Waals surface area (Å²) in [5.41, 5.74) is 5.93. The Morgan fingerprint density at radius 2 is 1.86 bits per heavy atom. The monoisotopic (exact) mass is 469 g/mol. The Morgan fingerprint density at radius 3 is 2.60 bits per heavy atom. The van der Waals surface area contributed by atoms with Gasteiger partial charge in [-0.3, -0.25) is 14.8 Å². The fourth-order valence-corrected chi connectivity index (χ4v) is 4.15. The number of carbonyl (C=O) groups excluding carboxylic acids is 2. The van der Waals surface area contributed by atoms with Crippen molar-refractivity contribution in [3.8, 4) is 0 Å². The van der Waals surface area contributed by atoms with Crippen molar-refractivity contribution in [3.05, 3.63) is 89.2 Å². The minimum Gasteiger partial charge on any atom is -0.308 e. The van der Waals surface area contributed by atoms with Crippen LogP contribution in [0.3, 0.4) is 0 Å². The van der Waals surface area contributed by atoms with Gasteiger partial charge in [0.2, 0.25) is 6.17 Å². The maximum Gasteiger partial charge on any atom is 0.321 e. The summed E-state index contributed by atoms with van der Waals surface area (Å²) < 4.78 is 0. The van der Waals surface area contributed by atoms with Crippen molar-refractivity contribution in [1.82, 2.24) is 10.3 Å². The number of rotatable bonds is 6. The standard InChI is InChI=1S/C28H31N5O2/c1-18(2)15-23-22-12-5-6-13-25(22)33(17-24-20(4)10-8-14-29-24)27(34)26(31-23)32-28(35)30-21-11-7-9-19(3)16-21/h5-14,16,18,26H,15,17H2,1-4H3,(H2,30,32,35). The zero-order valence-corrected chi connectivity index (χ0v) is 20.6. The number of aliphatic imine (C=N–C) groups is 1. The molecule has 1 atom stereocenters. The Morgan fingerprint density at radius 1 is 1.06 bits per heavy atom. The lowest BCUT2D eigenvalue weighted by atomic mass is 9.98. The van der Waals surface area contributed by atoms with E-state index in [2.05, 4.69) is 29.5 Å². The molecule has 0 saturated heterocycles. The molecule has 0 fully saturated rings. The molecule has 2 aromatic carbocycles. The number of aryl methyl sites for hydroxylation is 2. The number of para-hydroxylation sites is 1. The maximum absolute atomic E-state index is 13.8. The van der Waals surface area contributed by atoms with Crippen LogP contribution in [0.1, 0.15) is 42.7 Å². The molecular weight excluding hydrogens is 438 g/mol. The van der Waals surface area contributed by atoms with Crippen LogP contribution in [0.25, 0.3) is 0 Å². The molecule has 0 bridgehead atoms. The zero-order chi connectivity index (χ0) is 24.9. The minimum atomic E-state index is -1.06. The predicted octanol–water partition coefficient (Wildman–Crippen LogP) is 5.23. The fourth-order valence-electron chi connectivity index (χ4n) is 4.15. The molecule has 3 aromatic rings. The molecule has 2 N–H and O–H groups in total. The normalized spacial score (nSPS) is 15.3. The second kappa shape index (κ2) is 10.5. The van der Waals surface area contributed by atoms with E-state index in [1.165, 1.54) is 0 Å². The van der Waals surface area contributed by atoms with E-state index in [0.29, 0.717) is 18.0 Å². The molecule has 1 aliphatic heterocycles. The summed E-state index contributed by atoms with van der Waals surface area (Å²) in [4.78, 5) is 37.7. The van der Waals surface area contributed by atoms with Gasteiger partial charge in [0.15, 0.2) is 0 Å². The van der Waals surface area contributed by atoms with Gasteiger partial charge in [0, 0.05) is 23.2 Å². The van der Waals surface area contributed by atoms with Crippen molar-refractivity contribution in [3.63, 3.8) is 0 Å². The largest absolute Gasteiger partial charge is 0.321 e. The van der Waals surface area contributed by atoms with Crippen molar-refractivity contribution in [2.45, 2.75) is 46.8 Å². The fraction of sp³-hybridized carbons (Fsp3) is 0.286. The molecule has 1 aliphatic rings. The van der Waals surface area contributed by atoms with Gasteiger partial charge in [-0.1, -0.05) is 50.2 Å². The maximum atomic E-state index is 13.8. The lowest BCUT2D eigenvalue weighted by molar-refractivity contribution is -0.120. The van der Waals surface area contributed by atoms with Crippen LogP contribution < -0.4 is 15.5 Å². The van der Waals surface area contributed by atoms with Crippen LogP contribution in [-0.4, -0.2) is 28.8 Å². The number of benzodiazepines with no additional fused rings is 1. The number of hydrogen-bond acceptors (Lipinski definition) is 4. The highest BCUT2D eigenvalue weighted by atomic mass is 16.2. The van der Waals surface area contributed by atoms with Crippen molar-refractivity contribution in [2.75, 3.05) is 10.2 Å². The first-order chi connectivity index (χ1) is 16.8. The third-order valence-electron chi connectivity index (χ3n) is 5.86. The van der Waals surface area contributed by atoms with Crippen molar-refractivity contribution < 1.29 is 9.59 Å². The average molecular weight is 470 g/mol. The number of carbonyl (C=O) groups is 2. The summed E-state index contributed by atoms with van der Waals surface area (Å²) in [5, 5.41) is 5.61. The van der Waals surface area contributed by atoms with Crippen LogP contribution in [0.5, 0.6) is 0 Å². The van der Waals surface area contributed by atoms with Gasteiger partial charge >= 0.3 is 6.03 Å². The summed E-state index contributed by atoms with van der Waals surface area (Å²) >= 11 is 0. The zero-order valence-electron chi connectivity index (χ0n) is 20.6. The van der Waals surface area contributed by atoms with Crippen molar-refractivity contribution >= 4 is 29.0 Å². The smallest absolute Gasteiger partial charge is 0.308 e. The van der Waals surface area contributed by atoms with E-state index < -0.39 is 12.2 Å². The lowest BCUT2D eigenvalue weighted by Crippen LogP contribution is -2.48. The van der Waals surface area contributed by atoms with E-state index >= 15 is 0 Å².